The molecule has 0 fully saturated rings. The van der Waals surface area contributed by atoms with Crippen molar-refractivity contribution in [1.82, 2.24) is 0 Å². The van der Waals surface area contributed by atoms with Gasteiger partial charge < -0.3 is 10.5 Å². The van der Waals surface area contributed by atoms with Crippen LogP contribution in [0.25, 0.3) is 0 Å². The van der Waals surface area contributed by atoms with Crippen LogP contribution in [0.2, 0.25) is 0 Å². The van der Waals surface area contributed by atoms with Gasteiger partial charge in [-0.25, -0.2) is 0 Å². The summed E-state index contributed by atoms with van der Waals surface area (Å²) in [5.41, 5.74) is 6.77. The fourth-order valence-electron chi connectivity index (χ4n) is 1.06. The molecule has 0 radical (unpaired) electrons. The minimum Gasteiger partial charge on any atom is -0.496 e. The topological polar surface area (TPSA) is 35.2 Å². The summed E-state index contributed by atoms with van der Waals surface area (Å²) in [6.07, 6.45) is 0. The van der Waals surface area contributed by atoms with E-state index in [1.165, 1.54) is 0 Å². The average molecular weight is 230 g/mol. The van der Waals surface area contributed by atoms with Gasteiger partial charge in [0.1, 0.15) is 5.75 Å². The van der Waals surface area contributed by atoms with Crippen LogP contribution in [0, 0.1) is 0 Å². The Bertz CT molecular complexity index is 273. The van der Waals surface area contributed by atoms with Crippen LogP contribution in [0.3, 0.4) is 0 Å². The van der Waals surface area contributed by atoms with Crippen LogP contribution in [0.15, 0.2) is 22.7 Å². The van der Waals surface area contributed by atoms with Gasteiger partial charge in [0.25, 0.3) is 0 Å². The molecule has 0 spiro atoms. The lowest BCUT2D eigenvalue weighted by atomic mass is 10.1. The molecule has 1 aromatic carbocycles. The predicted octanol–water partition coefficient (Wildman–Crippen LogP) is 2.48. The van der Waals surface area contributed by atoms with Crippen LogP contribution in [0.4, 0.5) is 0 Å². The van der Waals surface area contributed by atoms with Crippen molar-refractivity contribution in [2.24, 2.45) is 5.73 Å². The Balaban J connectivity index is 3.11. The first-order valence-corrected chi connectivity index (χ1v) is 4.53. The van der Waals surface area contributed by atoms with Crippen LogP contribution in [-0.4, -0.2) is 7.11 Å². The molecule has 0 saturated heterocycles. The molecule has 3 heteroatoms. The van der Waals surface area contributed by atoms with Gasteiger partial charge in [0.2, 0.25) is 0 Å². The third-order valence-electron chi connectivity index (χ3n) is 1.69. The molecule has 2 N–H and O–H groups in total. The van der Waals surface area contributed by atoms with E-state index in [2.05, 4.69) is 15.9 Å². The standard InChI is InChI=1S/C9H12BrNO/c1-6(11)8-4-3-7(10)5-9(8)12-2/h3-6H,11H2,1-2H3/t6-/m1/s1. The van der Waals surface area contributed by atoms with Gasteiger partial charge >= 0.3 is 0 Å². The minimum atomic E-state index is 0.00745. The van der Waals surface area contributed by atoms with Crippen molar-refractivity contribution in [2.75, 3.05) is 7.11 Å². The van der Waals surface area contributed by atoms with Crippen molar-refractivity contribution < 1.29 is 4.74 Å². The van der Waals surface area contributed by atoms with Crippen molar-refractivity contribution in [3.05, 3.63) is 28.2 Å². The lowest BCUT2D eigenvalue weighted by Crippen LogP contribution is -2.06. The lowest BCUT2D eigenvalue weighted by Gasteiger charge is -2.11. The summed E-state index contributed by atoms with van der Waals surface area (Å²) in [7, 11) is 1.65. The highest BCUT2D eigenvalue weighted by Crippen LogP contribution is 2.26. The highest BCUT2D eigenvalue weighted by Gasteiger charge is 2.06. The molecule has 0 aliphatic heterocycles. The van der Waals surface area contributed by atoms with E-state index in [4.69, 9.17) is 10.5 Å². The van der Waals surface area contributed by atoms with Crippen molar-refractivity contribution >= 4 is 15.9 Å². The minimum absolute atomic E-state index is 0.00745. The summed E-state index contributed by atoms with van der Waals surface area (Å²) in [6, 6.07) is 5.85. The largest absolute Gasteiger partial charge is 0.496 e. The Morgan fingerprint density at radius 2 is 2.17 bits per heavy atom. The van der Waals surface area contributed by atoms with E-state index >= 15 is 0 Å². The molecule has 2 nitrogen and oxygen atoms in total. The number of methoxy groups -OCH3 is 1. The SMILES string of the molecule is COc1cc(Br)ccc1[C@@H](C)N. The first-order chi connectivity index (χ1) is 5.65. The Morgan fingerprint density at radius 1 is 1.50 bits per heavy atom. The summed E-state index contributed by atoms with van der Waals surface area (Å²) < 4.78 is 6.18. The normalized spacial score (nSPS) is 12.7. The van der Waals surface area contributed by atoms with Crippen LogP contribution in [0.5, 0.6) is 5.75 Å². The molecule has 0 amide bonds. The Hall–Kier alpha value is -0.540. The molecule has 1 rings (SSSR count). The number of hydrogen-bond acceptors (Lipinski definition) is 2. The van der Waals surface area contributed by atoms with E-state index in [1.807, 2.05) is 25.1 Å². The number of halogens is 1. The summed E-state index contributed by atoms with van der Waals surface area (Å²) in [4.78, 5) is 0. The maximum absolute atomic E-state index is 5.74. The molecule has 0 aliphatic rings. The van der Waals surface area contributed by atoms with Crippen LogP contribution in [0.1, 0.15) is 18.5 Å². The van der Waals surface area contributed by atoms with Crippen LogP contribution in [-0.2, 0) is 0 Å². The monoisotopic (exact) mass is 229 g/mol. The highest BCUT2D eigenvalue weighted by atomic mass is 79.9. The van der Waals surface area contributed by atoms with E-state index in [0.29, 0.717) is 0 Å². The maximum Gasteiger partial charge on any atom is 0.124 e. The second-order valence-corrected chi connectivity index (χ2v) is 3.59. The molecule has 0 aliphatic carbocycles. The molecular formula is C9H12BrNO. The molecule has 0 unspecified atom stereocenters. The Kier molecular flexibility index (Phi) is 3.12. The maximum atomic E-state index is 5.74. The fourth-order valence-corrected chi connectivity index (χ4v) is 1.40. The summed E-state index contributed by atoms with van der Waals surface area (Å²) in [6.45, 7) is 1.94. The molecular weight excluding hydrogens is 218 g/mol. The van der Waals surface area contributed by atoms with Crippen LogP contribution < -0.4 is 10.5 Å². The van der Waals surface area contributed by atoms with Gasteiger partial charge in [-0.3, -0.25) is 0 Å². The van der Waals surface area contributed by atoms with Crippen molar-refractivity contribution in [3.63, 3.8) is 0 Å². The number of hydrogen-bond donors (Lipinski definition) is 1. The zero-order valence-corrected chi connectivity index (χ0v) is 8.76. The van der Waals surface area contributed by atoms with Gasteiger partial charge in [-0.05, 0) is 19.1 Å². The molecule has 66 valence electrons. The zero-order valence-electron chi connectivity index (χ0n) is 7.17. The first kappa shape index (κ1) is 9.55. The highest BCUT2D eigenvalue weighted by molar-refractivity contribution is 9.10. The quantitative estimate of drug-likeness (QED) is 0.846. The van der Waals surface area contributed by atoms with Gasteiger partial charge in [-0.2, -0.15) is 0 Å². The number of benzene rings is 1. The van der Waals surface area contributed by atoms with Gasteiger partial charge in [0.15, 0.2) is 0 Å². The Labute approximate surface area is 80.8 Å². The third-order valence-corrected chi connectivity index (χ3v) is 2.18. The summed E-state index contributed by atoms with van der Waals surface area (Å²) >= 11 is 3.37. The van der Waals surface area contributed by atoms with Crippen molar-refractivity contribution in [1.29, 1.82) is 0 Å². The first-order valence-electron chi connectivity index (χ1n) is 3.74. The number of nitrogens with two attached hydrogens (primary N) is 1. The molecule has 12 heavy (non-hydrogen) atoms. The fraction of sp³-hybridized carbons (Fsp3) is 0.333. The number of rotatable bonds is 2. The molecule has 0 saturated carbocycles. The zero-order chi connectivity index (χ0) is 9.14. The van der Waals surface area contributed by atoms with E-state index in [-0.39, 0.29) is 6.04 Å². The smallest absolute Gasteiger partial charge is 0.124 e. The van der Waals surface area contributed by atoms with Crippen molar-refractivity contribution in [3.8, 4) is 5.75 Å². The van der Waals surface area contributed by atoms with Gasteiger partial charge in [-0.1, -0.05) is 22.0 Å². The molecule has 0 heterocycles. The van der Waals surface area contributed by atoms with Gasteiger partial charge in [0.05, 0.1) is 7.11 Å². The molecule has 0 bridgehead atoms. The predicted molar refractivity (Wildman–Crippen MR) is 53.3 cm³/mol. The van der Waals surface area contributed by atoms with E-state index < -0.39 is 0 Å². The van der Waals surface area contributed by atoms with Gasteiger partial charge in [-0.15, -0.1) is 0 Å². The number of ether oxygens (including phenoxy) is 1. The van der Waals surface area contributed by atoms with Crippen LogP contribution >= 0.6 is 15.9 Å². The summed E-state index contributed by atoms with van der Waals surface area (Å²) in [5.74, 6) is 0.833. The molecule has 1 atom stereocenters. The van der Waals surface area contributed by atoms with Gasteiger partial charge in [0, 0.05) is 16.1 Å². The van der Waals surface area contributed by atoms with E-state index in [9.17, 15) is 0 Å². The lowest BCUT2D eigenvalue weighted by molar-refractivity contribution is 0.406. The van der Waals surface area contributed by atoms with Crippen molar-refractivity contribution in [2.45, 2.75) is 13.0 Å². The van der Waals surface area contributed by atoms with E-state index in [0.717, 1.165) is 15.8 Å². The third kappa shape index (κ3) is 1.99. The second kappa shape index (κ2) is 3.92. The Morgan fingerprint density at radius 3 is 2.67 bits per heavy atom. The average Bonchev–Trinajstić information content (AvgIpc) is 2.03. The van der Waals surface area contributed by atoms with E-state index in [1.54, 1.807) is 7.11 Å². The molecule has 1 aromatic rings. The second-order valence-electron chi connectivity index (χ2n) is 2.67. The molecule has 0 aromatic heterocycles. The summed E-state index contributed by atoms with van der Waals surface area (Å²) in [5, 5.41) is 0.